The first kappa shape index (κ1) is 22.2. The summed E-state index contributed by atoms with van der Waals surface area (Å²) in [5, 5.41) is 8.50. The zero-order valence-corrected chi connectivity index (χ0v) is 19.9. The fourth-order valence-electron chi connectivity index (χ4n) is 5.00. The predicted octanol–water partition coefficient (Wildman–Crippen LogP) is 5.76. The van der Waals surface area contributed by atoms with E-state index in [1.54, 1.807) is 18.4 Å². The smallest absolute Gasteiger partial charge is 0.254 e. The Morgan fingerprint density at radius 1 is 1.03 bits per heavy atom. The van der Waals surface area contributed by atoms with Crippen LogP contribution in [0.1, 0.15) is 42.0 Å². The maximum atomic E-state index is 13.7. The van der Waals surface area contributed by atoms with E-state index in [1.165, 1.54) is 4.88 Å². The second-order valence-electron chi connectivity index (χ2n) is 8.59. The van der Waals surface area contributed by atoms with E-state index in [9.17, 15) is 9.59 Å². The van der Waals surface area contributed by atoms with Gasteiger partial charge in [-0.25, -0.2) is 0 Å². The van der Waals surface area contributed by atoms with Crippen molar-refractivity contribution in [2.24, 2.45) is 0 Å². The van der Waals surface area contributed by atoms with Gasteiger partial charge in [0.2, 0.25) is 0 Å². The number of rotatable bonds is 5. The number of hydrogen-bond donors (Lipinski definition) is 2. The van der Waals surface area contributed by atoms with E-state index in [1.807, 2.05) is 73.0 Å². The van der Waals surface area contributed by atoms with Crippen LogP contribution < -0.4 is 15.4 Å². The lowest BCUT2D eigenvalue weighted by Gasteiger charge is -2.37. The molecule has 0 saturated carbocycles. The second kappa shape index (κ2) is 9.31. The zero-order valence-electron chi connectivity index (χ0n) is 19.1. The number of ketones is 1. The summed E-state index contributed by atoms with van der Waals surface area (Å²) in [5.74, 6) is 0.136. The number of methoxy groups -OCH3 is 1. The summed E-state index contributed by atoms with van der Waals surface area (Å²) < 4.78 is 5.67. The van der Waals surface area contributed by atoms with E-state index in [0.29, 0.717) is 29.0 Å². The molecule has 0 bridgehead atoms. The van der Waals surface area contributed by atoms with Gasteiger partial charge in [0.25, 0.3) is 5.91 Å². The first-order chi connectivity index (χ1) is 16.6. The third-order valence-corrected chi connectivity index (χ3v) is 7.53. The van der Waals surface area contributed by atoms with Crippen LogP contribution >= 0.6 is 11.3 Å². The van der Waals surface area contributed by atoms with Crippen molar-refractivity contribution in [3.05, 3.63) is 105 Å². The number of benzene rings is 2. The Balaban J connectivity index is 1.60. The minimum Gasteiger partial charge on any atom is -0.496 e. The summed E-state index contributed by atoms with van der Waals surface area (Å²) in [4.78, 5) is 28.5. The van der Waals surface area contributed by atoms with Crippen molar-refractivity contribution in [2.75, 3.05) is 12.4 Å². The maximum Gasteiger partial charge on any atom is 0.254 e. The molecule has 5 nitrogen and oxygen atoms in total. The number of dihydropyridines is 1. The highest BCUT2D eigenvalue weighted by Gasteiger charge is 2.42. The van der Waals surface area contributed by atoms with E-state index in [4.69, 9.17) is 4.74 Å². The molecule has 1 aromatic heterocycles. The second-order valence-corrected chi connectivity index (χ2v) is 9.57. The van der Waals surface area contributed by atoms with Crippen LogP contribution in [0.25, 0.3) is 0 Å². The quantitative estimate of drug-likeness (QED) is 0.498. The fourth-order valence-corrected chi connectivity index (χ4v) is 5.83. The molecule has 0 unspecified atom stereocenters. The van der Waals surface area contributed by atoms with Gasteiger partial charge < -0.3 is 15.4 Å². The number of allylic oxidation sites excluding steroid dienone is 3. The number of amides is 1. The molecule has 0 saturated heterocycles. The molecule has 34 heavy (non-hydrogen) atoms. The number of para-hydroxylation sites is 2. The minimum absolute atomic E-state index is 0.0700. The average molecular weight is 471 g/mol. The lowest BCUT2D eigenvalue weighted by atomic mass is 9.72. The molecule has 1 amide bonds. The number of Topliss-reactive ketones (excluding diaryl/α,β-unsaturated/α-hetero) is 1. The zero-order chi connectivity index (χ0) is 23.7. The van der Waals surface area contributed by atoms with Crippen molar-refractivity contribution in [3.63, 3.8) is 0 Å². The first-order valence-electron chi connectivity index (χ1n) is 11.3. The van der Waals surface area contributed by atoms with Crippen molar-refractivity contribution in [3.8, 4) is 5.75 Å². The molecule has 5 rings (SSSR count). The number of carbonyl (C=O) groups excluding carboxylic acids is 2. The summed E-state index contributed by atoms with van der Waals surface area (Å²) in [6.45, 7) is 1.91. The van der Waals surface area contributed by atoms with Crippen molar-refractivity contribution in [1.29, 1.82) is 0 Å². The third-order valence-electron chi connectivity index (χ3n) is 6.50. The standard InChI is InChI=1S/C28H26N2O3S/c1-17-25(28(32)30-19-9-4-3-5-10-19)26(20-11-6-7-12-23(20)33-2)27-21(29-17)15-18(16-22(27)31)24-13-8-14-34-24/h3-14,18,26,29H,15-16H2,1-2H3,(H,30,32)/t18-,26-/m0/s1. The van der Waals surface area contributed by atoms with Crippen molar-refractivity contribution in [2.45, 2.75) is 31.6 Å². The molecule has 2 aromatic carbocycles. The van der Waals surface area contributed by atoms with Crippen LogP contribution in [0, 0.1) is 0 Å². The van der Waals surface area contributed by atoms with Gasteiger partial charge in [0.05, 0.1) is 13.0 Å². The molecule has 0 fully saturated rings. The molecule has 1 aliphatic carbocycles. The topological polar surface area (TPSA) is 67.4 Å². The minimum atomic E-state index is -0.507. The monoisotopic (exact) mass is 470 g/mol. The van der Waals surface area contributed by atoms with Crippen molar-refractivity contribution < 1.29 is 14.3 Å². The number of anilines is 1. The van der Waals surface area contributed by atoms with Crippen LogP contribution in [0.4, 0.5) is 5.69 Å². The van der Waals surface area contributed by atoms with Crippen molar-refractivity contribution in [1.82, 2.24) is 5.32 Å². The Morgan fingerprint density at radius 2 is 1.79 bits per heavy atom. The van der Waals surface area contributed by atoms with Gasteiger partial charge in [-0.1, -0.05) is 42.5 Å². The molecule has 3 aromatic rings. The Bertz CT molecular complexity index is 1290. The van der Waals surface area contributed by atoms with E-state index < -0.39 is 5.92 Å². The number of hydrogen-bond acceptors (Lipinski definition) is 5. The van der Waals surface area contributed by atoms with Gasteiger partial charge in [0.15, 0.2) is 5.78 Å². The van der Waals surface area contributed by atoms with Crippen LogP contribution in [-0.4, -0.2) is 18.8 Å². The molecular formula is C28H26N2O3S. The normalized spacial score (nSPS) is 20.0. The molecule has 0 spiro atoms. The predicted molar refractivity (Wildman–Crippen MR) is 135 cm³/mol. The summed E-state index contributed by atoms with van der Waals surface area (Å²) in [6, 6.07) is 21.1. The highest BCUT2D eigenvalue weighted by Crippen LogP contribution is 2.48. The van der Waals surface area contributed by atoms with Gasteiger partial charge in [0, 0.05) is 51.0 Å². The molecule has 2 aliphatic rings. The largest absolute Gasteiger partial charge is 0.496 e. The highest BCUT2D eigenvalue weighted by molar-refractivity contribution is 7.10. The number of carbonyl (C=O) groups is 2. The fraction of sp³-hybridized carbons (Fsp3) is 0.214. The summed E-state index contributed by atoms with van der Waals surface area (Å²) in [5.41, 5.74) is 4.39. The van der Waals surface area contributed by atoms with Gasteiger partial charge >= 0.3 is 0 Å². The lowest BCUT2D eigenvalue weighted by molar-refractivity contribution is -0.116. The number of nitrogens with one attached hydrogen (secondary N) is 2. The van der Waals surface area contributed by atoms with Crippen LogP contribution in [0.15, 0.2) is 94.7 Å². The SMILES string of the molecule is COc1ccccc1[C@H]1C(C(=O)Nc2ccccc2)=C(C)NC2=C1C(=O)C[C@@H](c1cccs1)C2. The van der Waals surface area contributed by atoms with Crippen LogP contribution in [0.5, 0.6) is 5.75 Å². The van der Waals surface area contributed by atoms with E-state index in [2.05, 4.69) is 16.7 Å². The lowest BCUT2D eigenvalue weighted by Crippen LogP contribution is -2.37. The van der Waals surface area contributed by atoms with Gasteiger partial charge in [-0.05, 0) is 43.0 Å². The Morgan fingerprint density at radius 3 is 2.53 bits per heavy atom. The Labute approximate surface area is 203 Å². The molecule has 2 atom stereocenters. The Kier molecular flexibility index (Phi) is 6.07. The van der Waals surface area contributed by atoms with Crippen LogP contribution in [-0.2, 0) is 9.59 Å². The van der Waals surface area contributed by atoms with Gasteiger partial charge in [-0.15, -0.1) is 11.3 Å². The molecule has 6 heteroatoms. The van der Waals surface area contributed by atoms with Gasteiger partial charge in [-0.3, -0.25) is 9.59 Å². The number of thiophene rings is 1. The molecule has 2 N–H and O–H groups in total. The first-order valence-corrected chi connectivity index (χ1v) is 12.2. The summed E-state index contributed by atoms with van der Waals surface area (Å²) >= 11 is 1.68. The highest BCUT2D eigenvalue weighted by atomic mass is 32.1. The van der Waals surface area contributed by atoms with Gasteiger partial charge in [-0.2, -0.15) is 0 Å². The number of ether oxygens (including phenoxy) is 1. The Hall–Kier alpha value is -3.64. The van der Waals surface area contributed by atoms with E-state index >= 15 is 0 Å². The van der Waals surface area contributed by atoms with Crippen LogP contribution in [0.2, 0.25) is 0 Å². The maximum absolute atomic E-state index is 13.7. The van der Waals surface area contributed by atoms with E-state index in [0.717, 1.165) is 23.4 Å². The van der Waals surface area contributed by atoms with Crippen LogP contribution in [0.3, 0.4) is 0 Å². The molecule has 1 aliphatic heterocycles. The summed E-state index contributed by atoms with van der Waals surface area (Å²) in [6.07, 6.45) is 1.16. The van der Waals surface area contributed by atoms with E-state index in [-0.39, 0.29) is 17.6 Å². The molecule has 0 radical (unpaired) electrons. The molecular weight excluding hydrogens is 444 g/mol. The summed E-state index contributed by atoms with van der Waals surface area (Å²) in [7, 11) is 1.62. The molecule has 2 heterocycles. The average Bonchev–Trinajstić information content (AvgIpc) is 3.39. The third kappa shape index (κ3) is 4.05. The van der Waals surface area contributed by atoms with Gasteiger partial charge in [0.1, 0.15) is 5.75 Å². The molecule has 172 valence electrons. The van der Waals surface area contributed by atoms with Crippen molar-refractivity contribution >= 4 is 28.7 Å².